The lowest BCUT2D eigenvalue weighted by molar-refractivity contribution is -0.137. The van der Waals surface area contributed by atoms with Crippen LogP contribution >= 0.6 is 0 Å². The van der Waals surface area contributed by atoms with Crippen molar-refractivity contribution in [3.63, 3.8) is 0 Å². The van der Waals surface area contributed by atoms with E-state index in [0.717, 1.165) is 77.9 Å². The van der Waals surface area contributed by atoms with E-state index in [-0.39, 0.29) is 17.7 Å². The summed E-state index contributed by atoms with van der Waals surface area (Å²) < 4.78 is 11.0. The highest BCUT2D eigenvalue weighted by atomic mass is 16.5. The zero-order valence-corrected chi connectivity index (χ0v) is 17.6. The molecule has 3 saturated heterocycles. The Morgan fingerprint density at radius 2 is 1.57 bits per heavy atom. The van der Waals surface area contributed by atoms with E-state index in [1.165, 1.54) is 0 Å². The zero-order valence-electron chi connectivity index (χ0n) is 17.6. The number of ether oxygens (including phenoxy) is 2. The van der Waals surface area contributed by atoms with Gasteiger partial charge in [0.25, 0.3) is 0 Å². The number of carbonyl (C=O) groups is 2. The van der Waals surface area contributed by atoms with Gasteiger partial charge in [0.1, 0.15) is 0 Å². The number of amides is 2. The minimum absolute atomic E-state index is 0.109. The van der Waals surface area contributed by atoms with Gasteiger partial charge in [-0.15, -0.1) is 0 Å². The molecule has 1 unspecified atom stereocenters. The van der Waals surface area contributed by atoms with Crippen LogP contribution < -0.4 is 0 Å². The summed E-state index contributed by atoms with van der Waals surface area (Å²) in [5, 5.41) is 0. The highest BCUT2D eigenvalue weighted by molar-refractivity contribution is 5.78. The molecule has 0 aromatic rings. The van der Waals surface area contributed by atoms with Crippen LogP contribution in [-0.2, 0) is 19.1 Å². The molecule has 3 aliphatic rings. The molecule has 3 rings (SSSR count). The number of hydrogen-bond donors (Lipinski definition) is 0. The standard InChI is InChI=1S/C21H37N3O4/c1-17(25)23-9-3-4-20(16-23)24(19-7-14-28-15-8-19)11-10-22(2)21(26)18-5-12-27-13-6-18/h18-20H,3-16H2,1-2H3. The van der Waals surface area contributed by atoms with Crippen molar-refractivity contribution in [1.82, 2.24) is 14.7 Å². The van der Waals surface area contributed by atoms with E-state index in [2.05, 4.69) is 4.90 Å². The van der Waals surface area contributed by atoms with E-state index in [0.29, 0.717) is 25.3 Å². The van der Waals surface area contributed by atoms with Gasteiger partial charge in [-0.2, -0.15) is 0 Å². The maximum absolute atomic E-state index is 12.8. The molecule has 0 aliphatic carbocycles. The normalized spacial score (nSPS) is 25.1. The average Bonchev–Trinajstić information content (AvgIpc) is 2.75. The fraction of sp³-hybridized carbons (Fsp3) is 0.905. The second-order valence-corrected chi connectivity index (χ2v) is 8.49. The largest absolute Gasteiger partial charge is 0.381 e. The molecule has 160 valence electrons. The lowest BCUT2D eigenvalue weighted by atomic mass is 9.97. The monoisotopic (exact) mass is 395 g/mol. The summed E-state index contributed by atoms with van der Waals surface area (Å²) in [6.45, 7) is 7.96. The quantitative estimate of drug-likeness (QED) is 0.680. The van der Waals surface area contributed by atoms with E-state index in [1.807, 2.05) is 16.8 Å². The van der Waals surface area contributed by atoms with Gasteiger partial charge in [-0.3, -0.25) is 14.5 Å². The van der Waals surface area contributed by atoms with Gasteiger partial charge in [-0.1, -0.05) is 0 Å². The first kappa shape index (κ1) is 21.5. The Kier molecular flexibility index (Phi) is 8.11. The van der Waals surface area contributed by atoms with Crippen molar-refractivity contribution < 1.29 is 19.1 Å². The predicted octanol–water partition coefficient (Wildman–Crippen LogP) is 1.36. The Hall–Kier alpha value is -1.18. The van der Waals surface area contributed by atoms with Crippen molar-refractivity contribution in [2.75, 3.05) is 59.7 Å². The average molecular weight is 396 g/mol. The van der Waals surface area contributed by atoms with Crippen LogP contribution in [0.15, 0.2) is 0 Å². The van der Waals surface area contributed by atoms with Gasteiger partial charge in [0.05, 0.1) is 0 Å². The summed E-state index contributed by atoms with van der Waals surface area (Å²) in [7, 11) is 1.93. The summed E-state index contributed by atoms with van der Waals surface area (Å²) in [6.07, 6.45) is 5.92. The third kappa shape index (κ3) is 5.67. The van der Waals surface area contributed by atoms with E-state index in [9.17, 15) is 9.59 Å². The summed E-state index contributed by atoms with van der Waals surface area (Å²) in [6, 6.07) is 0.865. The van der Waals surface area contributed by atoms with Crippen LogP contribution in [-0.4, -0.2) is 98.3 Å². The van der Waals surface area contributed by atoms with Crippen LogP contribution in [0.3, 0.4) is 0 Å². The van der Waals surface area contributed by atoms with Crippen molar-refractivity contribution in [2.45, 2.75) is 57.5 Å². The topological polar surface area (TPSA) is 62.3 Å². The number of piperidine rings is 1. The molecule has 0 aromatic heterocycles. The van der Waals surface area contributed by atoms with E-state index in [4.69, 9.17) is 9.47 Å². The van der Waals surface area contributed by atoms with Gasteiger partial charge in [-0.25, -0.2) is 0 Å². The number of carbonyl (C=O) groups excluding carboxylic acids is 2. The molecule has 7 nitrogen and oxygen atoms in total. The van der Waals surface area contributed by atoms with Gasteiger partial charge < -0.3 is 19.3 Å². The summed E-state index contributed by atoms with van der Waals surface area (Å²) in [5.41, 5.74) is 0. The Morgan fingerprint density at radius 3 is 2.21 bits per heavy atom. The van der Waals surface area contributed by atoms with Gasteiger partial charge in [-0.05, 0) is 38.5 Å². The van der Waals surface area contributed by atoms with Crippen LogP contribution in [0, 0.1) is 5.92 Å². The van der Waals surface area contributed by atoms with Crippen LogP contribution in [0.2, 0.25) is 0 Å². The van der Waals surface area contributed by atoms with E-state index >= 15 is 0 Å². The van der Waals surface area contributed by atoms with Gasteiger partial charge in [0.15, 0.2) is 0 Å². The first-order valence-electron chi connectivity index (χ1n) is 11.0. The van der Waals surface area contributed by atoms with Crippen LogP contribution in [0.5, 0.6) is 0 Å². The van der Waals surface area contributed by atoms with Crippen molar-refractivity contribution in [3.05, 3.63) is 0 Å². The molecule has 0 bridgehead atoms. The fourth-order valence-electron chi connectivity index (χ4n) is 4.82. The zero-order chi connectivity index (χ0) is 19.9. The van der Waals surface area contributed by atoms with Crippen molar-refractivity contribution in [2.24, 2.45) is 5.92 Å². The number of likely N-dealkylation sites (tertiary alicyclic amines) is 1. The lowest BCUT2D eigenvalue weighted by Crippen LogP contribution is -2.55. The molecule has 1 atom stereocenters. The van der Waals surface area contributed by atoms with Crippen LogP contribution in [0.25, 0.3) is 0 Å². The molecule has 7 heteroatoms. The minimum atomic E-state index is 0.109. The molecule has 3 aliphatic heterocycles. The number of nitrogens with zero attached hydrogens (tertiary/aromatic N) is 3. The minimum Gasteiger partial charge on any atom is -0.381 e. The lowest BCUT2D eigenvalue weighted by Gasteiger charge is -2.44. The predicted molar refractivity (Wildman–Crippen MR) is 107 cm³/mol. The van der Waals surface area contributed by atoms with Crippen LogP contribution in [0.4, 0.5) is 0 Å². The molecule has 0 aromatic carbocycles. The highest BCUT2D eigenvalue weighted by Crippen LogP contribution is 2.24. The maximum Gasteiger partial charge on any atom is 0.225 e. The first-order valence-corrected chi connectivity index (χ1v) is 11.0. The third-order valence-electron chi connectivity index (χ3n) is 6.61. The maximum atomic E-state index is 12.8. The first-order chi connectivity index (χ1) is 13.6. The van der Waals surface area contributed by atoms with Crippen molar-refractivity contribution >= 4 is 11.8 Å². The molecule has 0 N–H and O–H groups in total. The molecule has 0 radical (unpaired) electrons. The molecule has 3 fully saturated rings. The smallest absolute Gasteiger partial charge is 0.225 e. The molecule has 28 heavy (non-hydrogen) atoms. The number of hydrogen-bond acceptors (Lipinski definition) is 5. The SMILES string of the molecule is CC(=O)N1CCCC(N(CCN(C)C(=O)C2CCOCC2)C2CCOCC2)C1. The highest BCUT2D eigenvalue weighted by Gasteiger charge is 2.32. The number of likely N-dealkylation sites (N-methyl/N-ethyl adjacent to an activating group) is 1. The number of rotatable bonds is 6. The van der Waals surface area contributed by atoms with E-state index in [1.54, 1.807) is 6.92 Å². The molecule has 0 saturated carbocycles. The van der Waals surface area contributed by atoms with Gasteiger partial charge in [0, 0.05) is 84.6 Å². The van der Waals surface area contributed by atoms with Crippen LogP contribution in [0.1, 0.15) is 45.4 Å². The molecular weight excluding hydrogens is 358 g/mol. The Bertz CT molecular complexity index is 518. The third-order valence-corrected chi connectivity index (χ3v) is 6.61. The summed E-state index contributed by atoms with van der Waals surface area (Å²) in [5.74, 6) is 0.533. The van der Waals surface area contributed by atoms with Crippen molar-refractivity contribution in [1.29, 1.82) is 0 Å². The van der Waals surface area contributed by atoms with Crippen molar-refractivity contribution in [3.8, 4) is 0 Å². The Labute approximate surface area is 169 Å². The molecule has 0 spiro atoms. The molecule has 3 heterocycles. The Morgan fingerprint density at radius 1 is 0.929 bits per heavy atom. The summed E-state index contributed by atoms with van der Waals surface area (Å²) in [4.78, 5) is 31.2. The van der Waals surface area contributed by atoms with E-state index < -0.39 is 0 Å². The summed E-state index contributed by atoms with van der Waals surface area (Å²) >= 11 is 0. The van der Waals surface area contributed by atoms with Gasteiger partial charge >= 0.3 is 0 Å². The molecule has 2 amide bonds. The second kappa shape index (κ2) is 10.6. The fourth-order valence-corrected chi connectivity index (χ4v) is 4.82. The Balaban J connectivity index is 1.60. The van der Waals surface area contributed by atoms with Gasteiger partial charge in [0.2, 0.25) is 11.8 Å². The second-order valence-electron chi connectivity index (χ2n) is 8.49. The molecular formula is C21H37N3O4.